The lowest BCUT2D eigenvalue weighted by Gasteiger charge is -2.59. The van der Waals surface area contributed by atoms with Gasteiger partial charge >= 0.3 is 0 Å². The van der Waals surface area contributed by atoms with Gasteiger partial charge in [0.2, 0.25) is 0 Å². The van der Waals surface area contributed by atoms with Crippen LogP contribution in [0.2, 0.25) is 0 Å². The van der Waals surface area contributed by atoms with E-state index in [-0.39, 0.29) is 5.41 Å². The van der Waals surface area contributed by atoms with Crippen molar-refractivity contribution >= 4 is 0 Å². The van der Waals surface area contributed by atoms with Gasteiger partial charge in [-0.15, -0.1) is 0 Å². The molecule has 0 aliphatic heterocycles. The molecule has 0 heterocycles. The van der Waals surface area contributed by atoms with E-state index in [9.17, 15) is 5.11 Å². The number of fused-ring (bicyclic) bond motifs is 2. The first-order chi connectivity index (χ1) is 8.35. The Morgan fingerprint density at radius 3 is 2.28 bits per heavy atom. The predicted molar refractivity (Wildman–Crippen MR) is 75.3 cm³/mol. The molecule has 1 N–H and O–H groups in total. The van der Waals surface area contributed by atoms with E-state index in [1.165, 1.54) is 38.5 Å². The summed E-state index contributed by atoms with van der Waals surface area (Å²) in [7, 11) is 0. The van der Waals surface area contributed by atoms with Gasteiger partial charge < -0.3 is 5.11 Å². The quantitative estimate of drug-likeness (QED) is 0.732. The molecular weight excluding hydrogens is 220 g/mol. The fourth-order valence-electron chi connectivity index (χ4n) is 6.22. The van der Waals surface area contributed by atoms with E-state index in [0.29, 0.717) is 17.3 Å². The molecule has 104 valence electrons. The van der Waals surface area contributed by atoms with E-state index < -0.39 is 5.60 Å². The molecule has 18 heavy (non-hydrogen) atoms. The summed E-state index contributed by atoms with van der Waals surface area (Å²) in [6.07, 6.45) is 8.90. The smallest absolute Gasteiger partial charge is 0.0734 e. The van der Waals surface area contributed by atoms with E-state index in [0.717, 1.165) is 12.3 Å². The van der Waals surface area contributed by atoms with Crippen molar-refractivity contribution in [1.29, 1.82) is 0 Å². The summed E-state index contributed by atoms with van der Waals surface area (Å²) in [5, 5.41) is 11.6. The van der Waals surface area contributed by atoms with Gasteiger partial charge in [-0.25, -0.2) is 0 Å². The first kappa shape index (κ1) is 13.0. The standard InChI is InChI=1S/C17H30O/c1-12-7-5-6-9-17(12,18)16(4)13(2)14-8-10-15(16,3)11-14/h12-14,18H,5-11H2,1-4H3. The molecule has 3 fully saturated rings. The molecule has 6 unspecified atom stereocenters. The summed E-state index contributed by atoms with van der Waals surface area (Å²) in [6, 6.07) is 0. The Morgan fingerprint density at radius 2 is 1.72 bits per heavy atom. The summed E-state index contributed by atoms with van der Waals surface area (Å²) in [4.78, 5) is 0. The minimum absolute atomic E-state index is 0.142. The van der Waals surface area contributed by atoms with E-state index in [2.05, 4.69) is 27.7 Å². The summed E-state index contributed by atoms with van der Waals surface area (Å²) < 4.78 is 0. The molecule has 0 aromatic rings. The molecular formula is C17H30O. The van der Waals surface area contributed by atoms with Gasteiger partial charge in [0.25, 0.3) is 0 Å². The van der Waals surface area contributed by atoms with E-state index >= 15 is 0 Å². The zero-order valence-electron chi connectivity index (χ0n) is 12.6. The molecule has 2 bridgehead atoms. The Balaban J connectivity index is 2.03. The third kappa shape index (κ3) is 1.27. The van der Waals surface area contributed by atoms with Crippen molar-refractivity contribution in [3.05, 3.63) is 0 Å². The second kappa shape index (κ2) is 3.75. The van der Waals surface area contributed by atoms with Crippen molar-refractivity contribution in [2.24, 2.45) is 28.6 Å². The molecule has 3 saturated carbocycles. The summed E-state index contributed by atoms with van der Waals surface area (Å²) in [5.74, 6) is 2.05. The number of aliphatic hydroxyl groups is 1. The third-order valence-corrected chi connectivity index (χ3v) is 7.81. The Morgan fingerprint density at radius 1 is 1.00 bits per heavy atom. The van der Waals surface area contributed by atoms with Crippen LogP contribution in [0.3, 0.4) is 0 Å². The van der Waals surface area contributed by atoms with Gasteiger partial charge in [-0.2, -0.15) is 0 Å². The number of rotatable bonds is 1. The summed E-state index contributed by atoms with van der Waals surface area (Å²) in [6.45, 7) is 9.62. The predicted octanol–water partition coefficient (Wildman–Crippen LogP) is 4.39. The van der Waals surface area contributed by atoms with Crippen LogP contribution in [-0.4, -0.2) is 10.7 Å². The van der Waals surface area contributed by atoms with Gasteiger partial charge in [0.1, 0.15) is 0 Å². The highest BCUT2D eigenvalue weighted by atomic mass is 16.3. The molecule has 0 aromatic carbocycles. The van der Waals surface area contributed by atoms with Gasteiger partial charge in [0.05, 0.1) is 5.60 Å². The second-order valence-electron chi connectivity index (χ2n) is 8.13. The van der Waals surface area contributed by atoms with Crippen molar-refractivity contribution in [3.8, 4) is 0 Å². The van der Waals surface area contributed by atoms with Crippen LogP contribution in [0.4, 0.5) is 0 Å². The lowest BCUT2D eigenvalue weighted by Crippen LogP contribution is -2.61. The van der Waals surface area contributed by atoms with E-state index in [1.807, 2.05) is 0 Å². The molecule has 0 spiro atoms. The van der Waals surface area contributed by atoms with Crippen molar-refractivity contribution in [2.45, 2.75) is 78.2 Å². The summed E-state index contributed by atoms with van der Waals surface area (Å²) >= 11 is 0. The Hall–Kier alpha value is -0.0400. The molecule has 0 amide bonds. The molecule has 3 rings (SSSR count). The molecule has 1 nitrogen and oxygen atoms in total. The van der Waals surface area contributed by atoms with Gasteiger partial charge in [0.15, 0.2) is 0 Å². The average Bonchev–Trinajstić information content (AvgIpc) is 2.81. The molecule has 6 atom stereocenters. The zero-order chi connectivity index (χ0) is 13.2. The maximum Gasteiger partial charge on any atom is 0.0734 e. The Kier molecular flexibility index (Phi) is 2.70. The highest BCUT2D eigenvalue weighted by Gasteiger charge is 2.69. The highest BCUT2D eigenvalue weighted by Crippen LogP contribution is 2.72. The van der Waals surface area contributed by atoms with Crippen LogP contribution < -0.4 is 0 Å². The molecule has 0 saturated heterocycles. The minimum atomic E-state index is -0.408. The first-order valence-corrected chi connectivity index (χ1v) is 8.07. The van der Waals surface area contributed by atoms with Gasteiger partial charge in [-0.3, -0.25) is 0 Å². The third-order valence-electron chi connectivity index (χ3n) is 7.81. The van der Waals surface area contributed by atoms with Crippen molar-refractivity contribution in [2.75, 3.05) is 0 Å². The minimum Gasteiger partial charge on any atom is -0.389 e. The topological polar surface area (TPSA) is 20.2 Å². The maximum atomic E-state index is 11.6. The SMILES string of the molecule is CC1CCCCC1(O)C1(C)C(C)C2CCC1(C)C2. The van der Waals surface area contributed by atoms with Crippen molar-refractivity contribution in [3.63, 3.8) is 0 Å². The normalized spacial score (nSPS) is 60.2. The van der Waals surface area contributed by atoms with E-state index in [1.54, 1.807) is 0 Å². The summed E-state index contributed by atoms with van der Waals surface area (Å²) in [5.41, 5.74) is 0.120. The monoisotopic (exact) mass is 250 g/mol. The molecule has 0 aromatic heterocycles. The average molecular weight is 250 g/mol. The fraction of sp³-hybridized carbons (Fsp3) is 1.00. The first-order valence-electron chi connectivity index (χ1n) is 8.07. The zero-order valence-corrected chi connectivity index (χ0v) is 12.6. The molecule has 3 aliphatic rings. The fourth-order valence-corrected chi connectivity index (χ4v) is 6.22. The lowest BCUT2D eigenvalue weighted by atomic mass is 9.48. The van der Waals surface area contributed by atoms with Crippen LogP contribution in [0.15, 0.2) is 0 Å². The van der Waals surface area contributed by atoms with Crippen LogP contribution in [0, 0.1) is 28.6 Å². The maximum absolute atomic E-state index is 11.6. The highest BCUT2D eigenvalue weighted by molar-refractivity contribution is 5.18. The van der Waals surface area contributed by atoms with Gasteiger partial charge in [0, 0.05) is 5.41 Å². The largest absolute Gasteiger partial charge is 0.389 e. The Labute approximate surface area is 112 Å². The van der Waals surface area contributed by atoms with Gasteiger partial charge in [-0.1, -0.05) is 40.5 Å². The van der Waals surface area contributed by atoms with Crippen LogP contribution in [0.5, 0.6) is 0 Å². The van der Waals surface area contributed by atoms with Gasteiger partial charge in [-0.05, 0) is 55.3 Å². The van der Waals surface area contributed by atoms with Crippen molar-refractivity contribution < 1.29 is 5.11 Å². The van der Waals surface area contributed by atoms with Crippen molar-refractivity contribution in [1.82, 2.24) is 0 Å². The number of hydrogen-bond donors (Lipinski definition) is 1. The van der Waals surface area contributed by atoms with Crippen LogP contribution in [-0.2, 0) is 0 Å². The van der Waals surface area contributed by atoms with E-state index in [4.69, 9.17) is 0 Å². The van der Waals surface area contributed by atoms with Crippen LogP contribution in [0.25, 0.3) is 0 Å². The molecule has 0 radical (unpaired) electrons. The molecule has 1 heteroatoms. The number of hydrogen-bond acceptors (Lipinski definition) is 1. The van der Waals surface area contributed by atoms with Crippen LogP contribution >= 0.6 is 0 Å². The lowest BCUT2D eigenvalue weighted by molar-refractivity contribution is -0.199. The Bertz CT molecular complexity index is 352. The second-order valence-corrected chi connectivity index (χ2v) is 8.13. The molecule has 3 aliphatic carbocycles. The van der Waals surface area contributed by atoms with Crippen LogP contribution in [0.1, 0.15) is 72.6 Å².